The maximum Gasteiger partial charge on any atom is 0.275 e. The Morgan fingerprint density at radius 3 is 2.65 bits per heavy atom. The van der Waals surface area contributed by atoms with E-state index in [0.717, 1.165) is 31.9 Å². The number of nitro groups is 1. The molecule has 1 aromatic carbocycles. The predicted octanol–water partition coefficient (Wildman–Crippen LogP) is 1.65. The van der Waals surface area contributed by atoms with E-state index in [1.54, 1.807) is 6.07 Å². The van der Waals surface area contributed by atoms with Crippen molar-refractivity contribution in [2.24, 2.45) is 11.8 Å². The van der Waals surface area contributed by atoms with Crippen LogP contribution in [0.15, 0.2) is 18.2 Å². The van der Waals surface area contributed by atoms with Gasteiger partial charge in [0.05, 0.1) is 17.6 Å². The molecule has 6 heteroatoms. The number of nitrogens with zero attached hydrogens (tertiary/aromatic N) is 2. The van der Waals surface area contributed by atoms with Gasteiger partial charge in [-0.3, -0.25) is 10.1 Å². The molecule has 0 bridgehead atoms. The highest BCUT2D eigenvalue weighted by atomic mass is 16.6. The van der Waals surface area contributed by atoms with Gasteiger partial charge in [0.15, 0.2) is 0 Å². The second-order valence-electron chi connectivity index (χ2n) is 5.46. The molecule has 0 aromatic heterocycles. The molecule has 108 valence electrons. The van der Waals surface area contributed by atoms with E-state index < -0.39 is 0 Å². The quantitative estimate of drug-likeness (QED) is 0.669. The second kappa shape index (κ2) is 5.28. The summed E-state index contributed by atoms with van der Waals surface area (Å²) in [4.78, 5) is 12.9. The zero-order chi connectivity index (χ0) is 14.1. The number of hydrogen-bond donors (Lipinski definition) is 1. The van der Waals surface area contributed by atoms with Crippen molar-refractivity contribution >= 4 is 11.4 Å². The molecule has 0 saturated carbocycles. The fraction of sp³-hybridized carbons (Fsp3) is 0.571. The van der Waals surface area contributed by atoms with Crippen LogP contribution < -0.4 is 15.0 Å². The molecule has 6 nitrogen and oxygen atoms in total. The minimum Gasteiger partial charge on any atom is -0.494 e. The Bertz CT molecular complexity index is 508. The summed E-state index contributed by atoms with van der Waals surface area (Å²) < 4.78 is 5.45. The minimum atomic E-state index is -0.357. The molecule has 0 amide bonds. The van der Waals surface area contributed by atoms with Gasteiger partial charge in [-0.25, -0.2) is 0 Å². The summed E-state index contributed by atoms with van der Waals surface area (Å²) in [5.74, 6) is 1.89. The summed E-state index contributed by atoms with van der Waals surface area (Å²) in [6.45, 7) is 6.41. The third-order valence-corrected chi connectivity index (χ3v) is 4.15. The number of rotatable bonds is 4. The topological polar surface area (TPSA) is 67.6 Å². The maximum absolute atomic E-state index is 11.0. The van der Waals surface area contributed by atoms with Crippen molar-refractivity contribution in [3.63, 3.8) is 0 Å². The number of anilines is 1. The number of non-ortho nitro benzene ring substituents is 1. The van der Waals surface area contributed by atoms with Crippen molar-refractivity contribution in [3.05, 3.63) is 28.3 Å². The third kappa shape index (κ3) is 2.43. The van der Waals surface area contributed by atoms with E-state index >= 15 is 0 Å². The van der Waals surface area contributed by atoms with Crippen LogP contribution in [0.2, 0.25) is 0 Å². The third-order valence-electron chi connectivity index (χ3n) is 4.15. The SMILES string of the molecule is CCOc1cc(N2CC3CNCC3C2)cc([N+](=O)[O-])c1. The molecule has 0 spiro atoms. The molecule has 2 fully saturated rings. The van der Waals surface area contributed by atoms with E-state index in [2.05, 4.69) is 10.2 Å². The van der Waals surface area contributed by atoms with Gasteiger partial charge in [-0.1, -0.05) is 0 Å². The molecule has 20 heavy (non-hydrogen) atoms. The summed E-state index contributed by atoms with van der Waals surface area (Å²) in [7, 11) is 0. The van der Waals surface area contributed by atoms with Crippen LogP contribution in [-0.2, 0) is 0 Å². The van der Waals surface area contributed by atoms with Crippen molar-refractivity contribution in [2.75, 3.05) is 37.7 Å². The summed E-state index contributed by atoms with van der Waals surface area (Å²) in [6.07, 6.45) is 0. The lowest BCUT2D eigenvalue weighted by Gasteiger charge is -2.20. The molecule has 0 radical (unpaired) electrons. The lowest BCUT2D eigenvalue weighted by Crippen LogP contribution is -2.25. The lowest BCUT2D eigenvalue weighted by atomic mass is 10.0. The van der Waals surface area contributed by atoms with Crippen molar-refractivity contribution < 1.29 is 9.66 Å². The normalized spacial score (nSPS) is 24.8. The van der Waals surface area contributed by atoms with Crippen molar-refractivity contribution in [3.8, 4) is 5.75 Å². The first-order chi connectivity index (χ1) is 9.67. The number of benzene rings is 1. The van der Waals surface area contributed by atoms with Crippen LogP contribution in [0.25, 0.3) is 0 Å². The van der Waals surface area contributed by atoms with Gasteiger partial charge in [0, 0.05) is 44.0 Å². The van der Waals surface area contributed by atoms with Crippen LogP contribution >= 0.6 is 0 Å². The Kier molecular flexibility index (Phi) is 3.48. The number of fused-ring (bicyclic) bond motifs is 1. The first kappa shape index (κ1) is 13.2. The smallest absolute Gasteiger partial charge is 0.275 e. The van der Waals surface area contributed by atoms with Crippen LogP contribution in [0, 0.1) is 22.0 Å². The standard InChI is InChI=1S/C14H19N3O3/c1-2-20-14-4-12(3-13(5-14)17(18)19)16-8-10-6-15-7-11(10)9-16/h3-5,10-11,15H,2,6-9H2,1H3. The van der Waals surface area contributed by atoms with E-state index in [4.69, 9.17) is 4.74 Å². The second-order valence-corrected chi connectivity index (χ2v) is 5.46. The summed E-state index contributed by atoms with van der Waals surface area (Å²) >= 11 is 0. The van der Waals surface area contributed by atoms with Crippen LogP contribution in [0.5, 0.6) is 5.75 Å². The van der Waals surface area contributed by atoms with Gasteiger partial charge in [-0.15, -0.1) is 0 Å². The largest absolute Gasteiger partial charge is 0.494 e. The molecule has 1 N–H and O–H groups in total. The van der Waals surface area contributed by atoms with E-state index in [9.17, 15) is 10.1 Å². The molecular formula is C14H19N3O3. The highest BCUT2D eigenvalue weighted by molar-refractivity contribution is 5.58. The first-order valence-electron chi connectivity index (χ1n) is 7.05. The summed E-state index contributed by atoms with van der Waals surface area (Å²) in [5, 5.41) is 14.4. The van der Waals surface area contributed by atoms with Crippen LogP contribution in [-0.4, -0.2) is 37.7 Å². The van der Waals surface area contributed by atoms with E-state index in [1.807, 2.05) is 13.0 Å². The maximum atomic E-state index is 11.0. The van der Waals surface area contributed by atoms with E-state index in [1.165, 1.54) is 6.07 Å². The molecule has 2 unspecified atom stereocenters. The molecule has 2 atom stereocenters. The van der Waals surface area contributed by atoms with Crippen molar-refractivity contribution in [1.29, 1.82) is 0 Å². The van der Waals surface area contributed by atoms with E-state index in [0.29, 0.717) is 24.2 Å². The number of hydrogen-bond acceptors (Lipinski definition) is 5. The first-order valence-corrected chi connectivity index (χ1v) is 7.05. The van der Waals surface area contributed by atoms with Gasteiger partial charge in [0.1, 0.15) is 5.75 Å². The Morgan fingerprint density at radius 1 is 1.35 bits per heavy atom. The minimum absolute atomic E-state index is 0.0983. The molecule has 2 aliphatic rings. The zero-order valence-corrected chi connectivity index (χ0v) is 11.5. The Hall–Kier alpha value is -1.82. The molecular weight excluding hydrogens is 258 g/mol. The van der Waals surface area contributed by atoms with E-state index in [-0.39, 0.29) is 10.6 Å². The Morgan fingerprint density at radius 2 is 2.05 bits per heavy atom. The van der Waals surface area contributed by atoms with Gasteiger partial charge in [-0.05, 0) is 18.8 Å². The van der Waals surface area contributed by atoms with Crippen LogP contribution in [0.4, 0.5) is 11.4 Å². The van der Waals surface area contributed by atoms with Crippen molar-refractivity contribution in [2.45, 2.75) is 6.92 Å². The Labute approximate surface area is 117 Å². The summed E-state index contributed by atoms with van der Waals surface area (Å²) in [5.41, 5.74) is 0.998. The van der Waals surface area contributed by atoms with Crippen LogP contribution in [0.3, 0.4) is 0 Å². The molecule has 3 rings (SSSR count). The average Bonchev–Trinajstić information content (AvgIpc) is 2.99. The lowest BCUT2D eigenvalue weighted by molar-refractivity contribution is -0.384. The van der Waals surface area contributed by atoms with Gasteiger partial charge >= 0.3 is 0 Å². The highest BCUT2D eigenvalue weighted by Gasteiger charge is 2.36. The fourth-order valence-electron chi connectivity index (χ4n) is 3.17. The number of ether oxygens (including phenoxy) is 1. The van der Waals surface area contributed by atoms with Gasteiger partial charge in [0.25, 0.3) is 5.69 Å². The van der Waals surface area contributed by atoms with Crippen molar-refractivity contribution in [1.82, 2.24) is 5.32 Å². The van der Waals surface area contributed by atoms with Gasteiger partial charge < -0.3 is 15.0 Å². The molecule has 2 saturated heterocycles. The molecule has 1 aromatic rings. The molecule has 2 aliphatic heterocycles. The monoisotopic (exact) mass is 277 g/mol. The zero-order valence-electron chi connectivity index (χ0n) is 11.5. The number of nitrogens with one attached hydrogen (secondary N) is 1. The predicted molar refractivity (Wildman–Crippen MR) is 76.3 cm³/mol. The molecule has 0 aliphatic carbocycles. The van der Waals surface area contributed by atoms with Crippen LogP contribution in [0.1, 0.15) is 6.92 Å². The van der Waals surface area contributed by atoms with Gasteiger partial charge in [0.2, 0.25) is 0 Å². The fourth-order valence-corrected chi connectivity index (χ4v) is 3.17. The Balaban J connectivity index is 1.86. The van der Waals surface area contributed by atoms with Gasteiger partial charge in [-0.2, -0.15) is 0 Å². The molecule has 2 heterocycles. The highest BCUT2D eigenvalue weighted by Crippen LogP contribution is 2.34. The summed E-state index contributed by atoms with van der Waals surface area (Å²) in [6, 6.07) is 5.05. The number of nitro benzene ring substituents is 1. The average molecular weight is 277 g/mol.